The van der Waals surface area contributed by atoms with Crippen molar-refractivity contribution in [2.24, 2.45) is 0 Å². The Hall–Kier alpha value is -1.46. The van der Waals surface area contributed by atoms with Gasteiger partial charge in [0, 0.05) is 31.2 Å². The van der Waals surface area contributed by atoms with Crippen molar-refractivity contribution in [3.05, 3.63) is 24.2 Å². The van der Waals surface area contributed by atoms with Gasteiger partial charge >= 0.3 is 0 Å². The molecule has 0 bridgehead atoms. The van der Waals surface area contributed by atoms with Crippen LogP contribution in [0.1, 0.15) is 38.6 Å². The minimum absolute atomic E-state index is 0.129. The summed E-state index contributed by atoms with van der Waals surface area (Å²) in [4.78, 5) is 11.7. The van der Waals surface area contributed by atoms with Gasteiger partial charge in [-0.25, -0.2) is 9.97 Å². The zero-order valence-corrected chi connectivity index (χ0v) is 12.9. The third-order valence-corrected chi connectivity index (χ3v) is 4.38. The molecule has 21 heavy (non-hydrogen) atoms. The van der Waals surface area contributed by atoms with Gasteiger partial charge in [0.05, 0.1) is 6.61 Å². The Morgan fingerprint density at radius 1 is 1.43 bits per heavy atom. The summed E-state index contributed by atoms with van der Waals surface area (Å²) in [6, 6.07) is 4.89. The minimum atomic E-state index is 0.129. The lowest BCUT2D eigenvalue weighted by Gasteiger charge is -2.36. The SMILES string of the molecule is CC(C)N1CCCC(n2c(CCO)nc3cccnc32)C1. The number of hydrogen-bond acceptors (Lipinski definition) is 4. The van der Waals surface area contributed by atoms with E-state index in [1.165, 1.54) is 13.0 Å². The normalized spacial score (nSPS) is 20.5. The van der Waals surface area contributed by atoms with E-state index in [9.17, 15) is 5.11 Å². The largest absolute Gasteiger partial charge is 0.396 e. The molecule has 0 saturated carbocycles. The highest BCUT2D eigenvalue weighted by Gasteiger charge is 2.26. The van der Waals surface area contributed by atoms with E-state index in [-0.39, 0.29) is 6.61 Å². The Labute approximate surface area is 125 Å². The molecule has 1 aliphatic rings. The summed E-state index contributed by atoms with van der Waals surface area (Å²) in [6.45, 7) is 6.84. The first-order valence-corrected chi connectivity index (χ1v) is 7.87. The Kier molecular flexibility index (Phi) is 4.22. The lowest BCUT2D eigenvalue weighted by atomic mass is 10.0. The minimum Gasteiger partial charge on any atom is -0.396 e. The van der Waals surface area contributed by atoms with Crippen LogP contribution in [0.5, 0.6) is 0 Å². The number of imidazole rings is 1. The highest BCUT2D eigenvalue weighted by Crippen LogP contribution is 2.28. The molecule has 1 fully saturated rings. The number of fused-ring (bicyclic) bond motifs is 1. The number of likely N-dealkylation sites (tertiary alicyclic amines) is 1. The standard InChI is InChI=1S/C16H24N4O/c1-12(2)19-9-4-5-13(11-19)20-15(7-10-21)18-14-6-3-8-17-16(14)20/h3,6,8,12-13,21H,4-5,7,9-11H2,1-2H3. The fourth-order valence-electron chi connectivity index (χ4n) is 3.30. The first-order chi connectivity index (χ1) is 10.2. The summed E-state index contributed by atoms with van der Waals surface area (Å²) in [5.74, 6) is 0.960. The molecule has 1 N–H and O–H groups in total. The van der Waals surface area contributed by atoms with Crippen LogP contribution in [-0.2, 0) is 6.42 Å². The molecule has 5 nitrogen and oxygen atoms in total. The van der Waals surface area contributed by atoms with E-state index in [2.05, 4.69) is 33.3 Å². The Bertz CT molecular complexity index is 607. The summed E-state index contributed by atoms with van der Waals surface area (Å²) in [7, 11) is 0. The second kappa shape index (κ2) is 6.12. The topological polar surface area (TPSA) is 54.2 Å². The van der Waals surface area contributed by atoms with E-state index in [1.807, 2.05) is 18.3 Å². The molecule has 0 radical (unpaired) electrons. The molecule has 1 unspecified atom stereocenters. The van der Waals surface area contributed by atoms with Gasteiger partial charge in [0.25, 0.3) is 0 Å². The van der Waals surface area contributed by atoms with E-state index in [1.54, 1.807) is 0 Å². The van der Waals surface area contributed by atoms with Gasteiger partial charge < -0.3 is 9.67 Å². The van der Waals surface area contributed by atoms with Crippen molar-refractivity contribution in [3.63, 3.8) is 0 Å². The molecule has 1 saturated heterocycles. The van der Waals surface area contributed by atoms with Crippen LogP contribution >= 0.6 is 0 Å². The Morgan fingerprint density at radius 3 is 3.05 bits per heavy atom. The fourth-order valence-corrected chi connectivity index (χ4v) is 3.30. The average Bonchev–Trinajstić information content (AvgIpc) is 2.85. The maximum absolute atomic E-state index is 9.32. The van der Waals surface area contributed by atoms with Gasteiger partial charge in [-0.05, 0) is 45.4 Å². The molecule has 0 aromatic carbocycles. The summed E-state index contributed by atoms with van der Waals surface area (Å²) < 4.78 is 2.26. The van der Waals surface area contributed by atoms with Crippen molar-refractivity contribution >= 4 is 11.2 Å². The highest BCUT2D eigenvalue weighted by molar-refractivity contribution is 5.71. The van der Waals surface area contributed by atoms with Crippen molar-refractivity contribution in [2.45, 2.75) is 45.2 Å². The highest BCUT2D eigenvalue weighted by atomic mass is 16.3. The summed E-state index contributed by atoms with van der Waals surface area (Å²) in [6.07, 6.45) is 4.78. The van der Waals surface area contributed by atoms with Crippen molar-refractivity contribution in [1.29, 1.82) is 0 Å². The van der Waals surface area contributed by atoms with Gasteiger partial charge in [-0.3, -0.25) is 4.90 Å². The van der Waals surface area contributed by atoms with Gasteiger partial charge in [0.15, 0.2) is 5.65 Å². The monoisotopic (exact) mass is 288 g/mol. The molecule has 1 atom stereocenters. The lowest BCUT2D eigenvalue weighted by molar-refractivity contribution is 0.142. The fraction of sp³-hybridized carbons (Fsp3) is 0.625. The summed E-state index contributed by atoms with van der Waals surface area (Å²) in [5, 5.41) is 9.32. The van der Waals surface area contributed by atoms with Gasteiger partial charge in [0.1, 0.15) is 11.3 Å². The maximum atomic E-state index is 9.32. The number of hydrogen-bond donors (Lipinski definition) is 1. The first kappa shape index (κ1) is 14.5. The molecule has 3 heterocycles. The third-order valence-electron chi connectivity index (χ3n) is 4.38. The van der Waals surface area contributed by atoms with Crippen LogP contribution in [0.3, 0.4) is 0 Å². The Balaban J connectivity index is 1.99. The number of aliphatic hydroxyl groups excluding tert-OH is 1. The van der Waals surface area contributed by atoms with Crippen molar-refractivity contribution in [2.75, 3.05) is 19.7 Å². The van der Waals surface area contributed by atoms with Crippen molar-refractivity contribution in [1.82, 2.24) is 19.4 Å². The molecule has 1 aliphatic heterocycles. The first-order valence-electron chi connectivity index (χ1n) is 7.87. The molecular formula is C16H24N4O. The summed E-state index contributed by atoms with van der Waals surface area (Å²) >= 11 is 0. The molecule has 0 spiro atoms. The van der Waals surface area contributed by atoms with Crippen LogP contribution in [0.4, 0.5) is 0 Å². The smallest absolute Gasteiger partial charge is 0.160 e. The van der Waals surface area contributed by atoms with Crippen molar-refractivity contribution < 1.29 is 5.11 Å². The molecule has 114 valence electrons. The maximum Gasteiger partial charge on any atom is 0.160 e. The molecule has 2 aromatic rings. The second-order valence-electron chi connectivity index (χ2n) is 6.10. The van der Waals surface area contributed by atoms with Crippen LogP contribution in [0.25, 0.3) is 11.2 Å². The van der Waals surface area contributed by atoms with Gasteiger partial charge in [0.2, 0.25) is 0 Å². The quantitative estimate of drug-likeness (QED) is 0.935. The number of rotatable bonds is 4. The van der Waals surface area contributed by atoms with E-state index in [4.69, 9.17) is 0 Å². The van der Waals surface area contributed by atoms with E-state index in [0.29, 0.717) is 18.5 Å². The second-order valence-corrected chi connectivity index (χ2v) is 6.10. The van der Waals surface area contributed by atoms with Crippen LogP contribution in [-0.4, -0.2) is 50.3 Å². The van der Waals surface area contributed by atoms with Crippen LogP contribution in [0.2, 0.25) is 0 Å². The van der Waals surface area contributed by atoms with E-state index >= 15 is 0 Å². The van der Waals surface area contributed by atoms with Crippen molar-refractivity contribution in [3.8, 4) is 0 Å². The van der Waals surface area contributed by atoms with Gasteiger partial charge in [-0.2, -0.15) is 0 Å². The lowest BCUT2D eigenvalue weighted by Crippen LogP contribution is -2.41. The zero-order valence-electron chi connectivity index (χ0n) is 12.9. The number of piperidine rings is 1. The zero-order chi connectivity index (χ0) is 14.8. The molecule has 0 aliphatic carbocycles. The van der Waals surface area contributed by atoms with Crippen LogP contribution in [0.15, 0.2) is 18.3 Å². The Morgan fingerprint density at radius 2 is 2.29 bits per heavy atom. The number of aliphatic hydroxyl groups is 1. The molecular weight excluding hydrogens is 264 g/mol. The molecule has 2 aromatic heterocycles. The van der Waals surface area contributed by atoms with E-state index in [0.717, 1.165) is 30.0 Å². The summed E-state index contributed by atoms with van der Waals surface area (Å²) in [5.41, 5.74) is 1.89. The predicted octanol–water partition coefficient (Wildman–Crippen LogP) is 2.01. The van der Waals surface area contributed by atoms with Crippen LogP contribution in [0, 0.1) is 0 Å². The molecule has 3 rings (SSSR count). The average molecular weight is 288 g/mol. The molecule has 5 heteroatoms. The van der Waals surface area contributed by atoms with Gasteiger partial charge in [-0.1, -0.05) is 0 Å². The van der Waals surface area contributed by atoms with E-state index < -0.39 is 0 Å². The van der Waals surface area contributed by atoms with Crippen LogP contribution < -0.4 is 0 Å². The van der Waals surface area contributed by atoms with Gasteiger partial charge in [-0.15, -0.1) is 0 Å². The predicted molar refractivity (Wildman–Crippen MR) is 83.3 cm³/mol. The number of pyridine rings is 1. The molecule has 0 amide bonds. The number of aromatic nitrogens is 3. The number of nitrogens with zero attached hydrogens (tertiary/aromatic N) is 4. The third kappa shape index (κ3) is 2.80.